The van der Waals surface area contributed by atoms with Gasteiger partial charge in [-0.05, 0) is 47.3 Å². The smallest absolute Gasteiger partial charge is 0.326 e. The van der Waals surface area contributed by atoms with E-state index in [0.29, 0.717) is 18.7 Å². The maximum atomic E-state index is 13.8. The number of hydrogen-bond acceptors (Lipinski definition) is 4. The molecule has 1 heterocycles. The number of esters is 1. The first-order valence-electron chi connectivity index (χ1n) is 13.5. The van der Waals surface area contributed by atoms with Crippen LogP contribution >= 0.6 is 15.9 Å². The number of ether oxygens (including phenoxy) is 1. The van der Waals surface area contributed by atoms with Gasteiger partial charge in [0.15, 0.2) is 5.41 Å². The van der Waals surface area contributed by atoms with Crippen LogP contribution in [0.5, 0.6) is 0 Å². The standard InChI is InChI=1S/C32H38BrNO4Si/c1-7-37-30(36)32(6)27-19-18-24(33)20-28(27)34(29(32)35)21-23(2)22-38-39(31(3,4)5,25-14-10-8-11-15-25)26-16-12-9-13-17-26/h8-20,23H,7,21-22H2,1-6H3/t23-,32+/m0/s1. The summed E-state index contributed by atoms with van der Waals surface area (Å²) < 4.78 is 13.3. The number of anilines is 1. The Labute approximate surface area is 241 Å². The van der Waals surface area contributed by atoms with E-state index in [0.717, 1.165) is 10.2 Å². The molecule has 7 heteroatoms. The summed E-state index contributed by atoms with van der Waals surface area (Å²) in [7, 11) is -2.71. The zero-order valence-electron chi connectivity index (χ0n) is 23.7. The van der Waals surface area contributed by atoms with Gasteiger partial charge in [-0.1, -0.05) is 110 Å². The third kappa shape index (κ3) is 5.24. The second-order valence-electron chi connectivity index (χ2n) is 11.5. The van der Waals surface area contributed by atoms with E-state index in [1.807, 2.05) is 30.3 Å². The SMILES string of the molecule is CCOC(=O)[C@@]1(C)C(=O)N(C[C@H](C)CO[Si](c2ccccc2)(c2ccccc2)C(C)(C)C)c2cc(Br)ccc21. The predicted molar refractivity (Wildman–Crippen MR) is 163 cm³/mol. The van der Waals surface area contributed by atoms with Gasteiger partial charge in [-0.25, -0.2) is 0 Å². The highest BCUT2D eigenvalue weighted by atomic mass is 79.9. The minimum absolute atomic E-state index is 0.00646. The van der Waals surface area contributed by atoms with Gasteiger partial charge in [0.05, 0.1) is 6.61 Å². The molecule has 0 unspecified atom stereocenters. The Morgan fingerprint density at radius 3 is 2.08 bits per heavy atom. The fraction of sp³-hybridized carbons (Fsp3) is 0.375. The summed E-state index contributed by atoms with van der Waals surface area (Å²) in [5.74, 6) is -0.768. The number of halogens is 1. The highest BCUT2D eigenvalue weighted by Crippen LogP contribution is 2.44. The lowest BCUT2D eigenvalue weighted by atomic mass is 9.84. The van der Waals surface area contributed by atoms with Gasteiger partial charge in [0.1, 0.15) is 0 Å². The van der Waals surface area contributed by atoms with Crippen molar-refractivity contribution in [3.05, 3.63) is 88.9 Å². The summed E-state index contributed by atoms with van der Waals surface area (Å²) in [5.41, 5.74) is 0.0430. The molecule has 0 aromatic heterocycles. The average Bonchev–Trinajstić information content (AvgIpc) is 3.11. The van der Waals surface area contributed by atoms with E-state index in [4.69, 9.17) is 9.16 Å². The molecule has 1 aliphatic rings. The second-order valence-corrected chi connectivity index (χ2v) is 16.7. The predicted octanol–water partition coefficient (Wildman–Crippen LogP) is 5.83. The van der Waals surface area contributed by atoms with E-state index >= 15 is 0 Å². The summed E-state index contributed by atoms with van der Waals surface area (Å²) in [5, 5.41) is 2.30. The minimum Gasteiger partial charge on any atom is -0.465 e. The number of nitrogens with zero attached hydrogens (tertiary/aromatic N) is 1. The van der Waals surface area contributed by atoms with Crippen molar-refractivity contribution in [3.8, 4) is 0 Å². The summed E-state index contributed by atoms with van der Waals surface area (Å²) in [6.07, 6.45) is 0. The molecule has 206 valence electrons. The van der Waals surface area contributed by atoms with Crippen molar-refractivity contribution in [3.63, 3.8) is 0 Å². The molecule has 0 bridgehead atoms. The Bertz CT molecular complexity index is 1290. The topological polar surface area (TPSA) is 55.8 Å². The first-order valence-corrected chi connectivity index (χ1v) is 16.2. The molecule has 2 atom stereocenters. The van der Waals surface area contributed by atoms with E-state index in [9.17, 15) is 9.59 Å². The van der Waals surface area contributed by atoms with Gasteiger partial charge in [0.2, 0.25) is 5.91 Å². The number of carbonyl (C=O) groups excluding carboxylic acids is 2. The molecule has 0 aliphatic carbocycles. The van der Waals surface area contributed by atoms with Gasteiger partial charge in [0.25, 0.3) is 8.32 Å². The molecule has 3 aromatic carbocycles. The molecule has 1 aliphatic heterocycles. The molecule has 39 heavy (non-hydrogen) atoms. The van der Waals surface area contributed by atoms with Crippen LogP contribution in [0.15, 0.2) is 83.3 Å². The fourth-order valence-electron chi connectivity index (χ4n) is 5.69. The Balaban J connectivity index is 1.66. The normalized spacial score (nSPS) is 18.1. The van der Waals surface area contributed by atoms with Crippen LogP contribution in [0.4, 0.5) is 5.69 Å². The highest BCUT2D eigenvalue weighted by Gasteiger charge is 2.54. The molecule has 5 nitrogen and oxygen atoms in total. The van der Waals surface area contributed by atoms with Gasteiger partial charge in [-0.3, -0.25) is 9.59 Å². The molecule has 1 amide bonds. The van der Waals surface area contributed by atoms with E-state index in [2.05, 4.69) is 92.2 Å². The molecule has 4 rings (SSSR count). The first-order chi connectivity index (χ1) is 18.5. The molecule has 0 spiro atoms. The number of amides is 1. The summed E-state index contributed by atoms with van der Waals surface area (Å²) in [6, 6.07) is 26.7. The van der Waals surface area contributed by atoms with Gasteiger partial charge < -0.3 is 14.1 Å². The lowest BCUT2D eigenvalue weighted by Gasteiger charge is -2.43. The highest BCUT2D eigenvalue weighted by molar-refractivity contribution is 9.10. The maximum Gasteiger partial charge on any atom is 0.326 e. The third-order valence-electron chi connectivity index (χ3n) is 7.64. The van der Waals surface area contributed by atoms with E-state index < -0.39 is 19.7 Å². The fourth-order valence-corrected chi connectivity index (χ4v) is 10.7. The average molecular weight is 609 g/mol. The van der Waals surface area contributed by atoms with Crippen molar-refractivity contribution in [1.29, 1.82) is 0 Å². The molecule has 0 saturated heterocycles. The van der Waals surface area contributed by atoms with Crippen LogP contribution in [0.25, 0.3) is 0 Å². The summed E-state index contributed by atoms with van der Waals surface area (Å²) in [4.78, 5) is 28.6. The van der Waals surface area contributed by atoms with Crippen molar-refractivity contribution in [2.75, 3.05) is 24.7 Å². The Morgan fingerprint density at radius 1 is 1.00 bits per heavy atom. The first kappa shape index (κ1) is 29.2. The Kier molecular flexibility index (Phi) is 8.54. The number of hydrogen-bond donors (Lipinski definition) is 0. The van der Waals surface area contributed by atoms with Gasteiger partial charge in [0, 0.05) is 28.9 Å². The number of benzene rings is 3. The molecule has 0 radical (unpaired) electrons. The lowest BCUT2D eigenvalue weighted by Crippen LogP contribution is -2.67. The monoisotopic (exact) mass is 607 g/mol. The number of carbonyl (C=O) groups is 2. The molecule has 0 N–H and O–H groups in total. The van der Waals surface area contributed by atoms with Crippen LogP contribution in [0, 0.1) is 5.92 Å². The Hall–Kier alpha value is -2.74. The van der Waals surface area contributed by atoms with Crippen LogP contribution in [0.3, 0.4) is 0 Å². The van der Waals surface area contributed by atoms with Crippen LogP contribution < -0.4 is 15.3 Å². The van der Waals surface area contributed by atoms with E-state index in [1.165, 1.54) is 10.4 Å². The zero-order valence-corrected chi connectivity index (χ0v) is 26.2. The van der Waals surface area contributed by atoms with Crippen LogP contribution in [-0.2, 0) is 24.2 Å². The third-order valence-corrected chi connectivity index (χ3v) is 13.1. The minimum atomic E-state index is -2.71. The van der Waals surface area contributed by atoms with Crippen molar-refractivity contribution >= 4 is 52.2 Å². The van der Waals surface area contributed by atoms with Crippen molar-refractivity contribution < 1.29 is 18.8 Å². The van der Waals surface area contributed by atoms with Crippen LogP contribution in [-0.4, -0.2) is 40.0 Å². The van der Waals surface area contributed by atoms with Gasteiger partial charge in [-0.2, -0.15) is 0 Å². The van der Waals surface area contributed by atoms with Crippen molar-refractivity contribution in [1.82, 2.24) is 0 Å². The van der Waals surface area contributed by atoms with Crippen molar-refractivity contribution in [2.45, 2.75) is 52.0 Å². The summed E-state index contributed by atoms with van der Waals surface area (Å²) >= 11 is 3.54. The maximum absolute atomic E-state index is 13.8. The molecule has 0 saturated carbocycles. The van der Waals surface area contributed by atoms with Crippen LogP contribution in [0.1, 0.15) is 47.1 Å². The number of fused-ring (bicyclic) bond motifs is 1. The van der Waals surface area contributed by atoms with E-state index in [-0.39, 0.29) is 23.5 Å². The zero-order chi connectivity index (χ0) is 28.4. The molecular weight excluding hydrogens is 570 g/mol. The van der Waals surface area contributed by atoms with Crippen LogP contribution in [0.2, 0.25) is 5.04 Å². The van der Waals surface area contributed by atoms with Gasteiger partial charge in [-0.15, -0.1) is 0 Å². The summed E-state index contributed by atoms with van der Waals surface area (Å²) in [6.45, 7) is 13.4. The quantitative estimate of drug-likeness (QED) is 0.174. The van der Waals surface area contributed by atoms with Crippen molar-refractivity contribution in [2.24, 2.45) is 5.92 Å². The largest absolute Gasteiger partial charge is 0.465 e. The molecular formula is C32H38BrNO4Si. The molecule has 3 aromatic rings. The van der Waals surface area contributed by atoms with E-state index in [1.54, 1.807) is 18.7 Å². The van der Waals surface area contributed by atoms with Gasteiger partial charge >= 0.3 is 5.97 Å². The Morgan fingerprint density at radius 2 is 1.56 bits per heavy atom. The second kappa shape index (κ2) is 11.4. The lowest BCUT2D eigenvalue weighted by molar-refractivity contribution is -0.152. The molecule has 0 fully saturated rings. The number of rotatable bonds is 9.